The molecule has 0 aromatic carbocycles. The Hall–Kier alpha value is -1.59. The van der Waals surface area contributed by atoms with Gasteiger partial charge in [-0.15, -0.1) is 0 Å². The van der Waals surface area contributed by atoms with Crippen LogP contribution >= 0.6 is 0 Å². The van der Waals surface area contributed by atoms with Crippen LogP contribution in [0.25, 0.3) is 0 Å². The van der Waals surface area contributed by atoms with E-state index in [1.165, 1.54) is 0 Å². The van der Waals surface area contributed by atoms with Crippen molar-refractivity contribution in [1.29, 1.82) is 0 Å². The second-order valence-electron chi connectivity index (χ2n) is 2.77. The smallest absolute Gasteiger partial charge is 0.433 e. The van der Waals surface area contributed by atoms with Crippen LogP contribution in [0.15, 0.2) is 0 Å². The second-order valence-corrected chi connectivity index (χ2v) is 2.77. The molecule has 1 aliphatic heterocycles. The summed E-state index contributed by atoms with van der Waals surface area (Å²) in [6, 6.07) is 0. The van der Waals surface area contributed by atoms with Crippen LogP contribution in [0.2, 0.25) is 0 Å². The van der Waals surface area contributed by atoms with E-state index in [1.807, 2.05) is 20.8 Å². The van der Waals surface area contributed by atoms with Gasteiger partial charge >= 0.3 is 6.16 Å². The van der Waals surface area contributed by atoms with E-state index in [2.05, 4.69) is 9.57 Å². The van der Waals surface area contributed by atoms with Crippen molar-refractivity contribution >= 4 is 18.0 Å². The first-order chi connectivity index (χ1) is 7.65. The van der Waals surface area contributed by atoms with Crippen molar-refractivity contribution in [1.82, 2.24) is 5.06 Å². The molecule has 0 aromatic heterocycles. The quantitative estimate of drug-likeness (QED) is 0.545. The van der Waals surface area contributed by atoms with E-state index in [1.54, 1.807) is 0 Å². The lowest BCUT2D eigenvalue weighted by Crippen LogP contribution is -2.32. The molecule has 16 heavy (non-hydrogen) atoms. The molecule has 0 saturated carbocycles. The first kappa shape index (κ1) is 14.4. The molecule has 0 unspecified atom stereocenters. The van der Waals surface area contributed by atoms with Crippen LogP contribution in [0, 0.1) is 0 Å². The summed E-state index contributed by atoms with van der Waals surface area (Å²) in [6.45, 7) is 6.02. The van der Waals surface area contributed by atoms with Gasteiger partial charge in [0.15, 0.2) is 0 Å². The van der Waals surface area contributed by atoms with E-state index in [-0.39, 0.29) is 19.4 Å². The largest absolute Gasteiger partial charge is 0.533 e. The van der Waals surface area contributed by atoms with Crippen LogP contribution in [0.4, 0.5) is 4.79 Å². The number of carbonyl (C=O) groups excluding carboxylic acids is 3. The molecule has 0 N–H and O–H groups in total. The number of nitrogens with zero attached hydrogens (tertiary/aromatic N) is 1. The van der Waals surface area contributed by atoms with E-state index in [4.69, 9.17) is 0 Å². The Balaban J connectivity index is 0.00000106. The van der Waals surface area contributed by atoms with Gasteiger partial charge in [-0.05, 0) is 6.42 Å². The van der Waals surface area contributed by atoms with Gasteiger partial charge in [0.05, 0.1) is 6.61 Å². The third-order valence-corrected chi connectivity index (χ3v) is 1.60. The van der Waals surface area contributed by atoms with Crippen molar-refractivity contribution in [3.05, 3.63) is 0 Å². The highest BCUT2D eigenvalue weighted by Crippen LogP contribution is 2.12. The summed E-state index contributed by atoms with van der Waals surface area (Å²) >= 11 is 0. The zero-order valence-corrected chi connectivity index (χ0v) is 9.82. The highest BCUT2D eigenvalue weighted by molar-refractivity contribution is 6.01. The van der Waals surface area contributed by atoms with Crippen LogP contribution in [0.3, 0.4) is 0 Å². The number of ether oxygens (including phenoxy) is 1. The van der Waals surface area contributed by atoms with E-state index in [0.717, 1.165) is 0 Å². The van der Waals surface area contributed by atoms with Gasteiger partial charge in [-0.3, -0.25) is 14.4 Å². The molecule has 6 heteroatoms. The standard InChI is InChI=1S/C8H11NO5.C2H6/c1-2-5-13-8(12)14-9-6(10)3-4-7(9)11;1-2/h2-5H2,1H3;1-2H3. The maximum absolute atomic E-state index is 11.0. The topological polar surface area (TPSA) is 72.9 Å². The molecule has 1 heterocycles. The molecule has 0 atom stereocenters. The van der Waals surface area contributed by atoms with Gasteiger partial charge in [0.25, 0.3) is 11.8 Å². The number of carbonyl (C=O) groups is 3. The third-order valence-electron chi connectivity index (χ3n) is 1.60. The summed E-state index contributed by atoms with van der Waals surface area (Å²) < 4.78 is 4.54. The lowest BCUT2D eigenvalue weighted by atomic mass is 10.4. The second kappa shape index (κ2) is 7.67. The highest BCUT2D eigenvalue weighted by atomic mass is 16.8. The van der Waals surface area contributed by atoms with Gasteiger partial charge in [0.1, 0.15) is 0 Å². The van der Waals surface area contributed by atoms with Crippen LogP contribution in [0.5, 0.6) is 0 Å². The molecule has 1 rings (SSSR count). The molecule has 0 aliphatic carbocycles. The molecule has 1 fully saturated rings. The Kier molecular flexibility index (Phi) is 6.91. The number of hydrogen-bond donors (Lipinski definition) is 0. The zero-order valence-electron chi connectivity index (χ0n) is 9.82. The summed E-state index contributed by atoms with van der Waals surface area (Å²) in [4.78, 5) is 37.2. The van der Waals surface area contributed by atoms with Crippen molar-refractivity contribution in [2.75, 3.05) is 6.61 Å². The molecular formula is C10H17NO5. The molecule has 0 spiro atoms. The summed E-state index contributed by atoms with van der Waals surface area (Å²) in [7, 11) is 0. The number of rotatable bonds is 3. The minimum Gasteiger partial charge on any atom is -0.433 e. The Morgan fingerprint density at radius 3 is 2.19 bits per heavy atom. The van der Waals surface area contributed by atoms with Gasteiger partial charge in [0, 0.05) is 12.8 Å². The number of imide groups is 1. The van der Waals surface area contributed by atoms with Crippen molar-refractivity contribution in [2.24, 2.45) is 0 Å². The third kappa shape index (κ3) is 4.29. The van der Waals surface area contributed by atoms with Gasteiger partial charge < -0.3 is 4.74 Å². The Morgan fingerprint density at radius 2 is 1.75 bits per heavy atom. The van der Waals surface area contributed by atoms with Crippen LogP contribution in [-0.2, 0) is 19.2 Å². The molecule has 6 nitrogen and oxygen atoms in total. The predicted octanol–water partition coefficient (Wildman–Crippen LogP) is 1.64. The molecule has 2 amide bonds. The molecule has 0 bridgehead atoms. The monoisotopic (exact) mass is 231 g/mol. The molecule has 1 saturated heterocycles. The molecule has 1 aliphatic rings. The fourth-order valence-electron chi connectivity index (χ4n) is 0.944. The van der Waals surface area contributed by atoms with Gasteiger partial charge in [-0.25, -0.2) is 4.79 Å². The molecule has 0 aromatic rings. The first-order valence-electron chi connectivity index (χ1n) is 5.35. The normalized spacial score (nSPS) is 14.3. The fraction of sp³-hybridized carbons (Fsp3) is 0.700. The van der Waals surface area contributed by atoms with E-state index in [9.17, 15) is 14.4 Å². The minimum atomic E-state index is -1.02. The van der Waals surface area contributed by atoms with Crippen molar-refractivity contribution in [3.63, 3.8) is 0 Å². The zero-order chi connectivity index (χ0) is 12.6. The van der Waals surface area contributed by atoms with E-state index < -0.39 is 18.0 Å². The van der Waals surface area contributed by atoms with Crippen LogP contribution in [0.1, 0.15) is 40.0 Å². The average molecular weight is 231 g/mol. The molecule has 0 radical (unpaired) electrons. The van der Waals surface area contributed by atoms with E-state index >= 15 is 0 Å². The van der Waals surface area contributed by atoms with Crippen molar-refractivity contribution in [2.45, 2.75) is 40.0 Å². The predicted molar refractivity (Wildman–Crippen MR) is 55.2 cm³/mol. The van der Waals surface area contributed by atoms with Crippen LogP contribution in [-0.4, -0.2) is 29.6 Å². The maximum Gasteiger partial charge on any atom is 0.533 e. The average Bonchev–Trinajstić information content (AvgIpc) is 2.61. The van der Waals surface area contributed by atoms with Crippen molar-refractivity contribution in [3.8, 4) is 0 Å². The number of hydrogen-bond acceptors (Lipinski definition) is 5. The summed E-state index contributed by atoms with van der Waals surface area (Å²) in [5.74, 6) is -1.02. The van der Waals surface area contributed by atoms with Crippen LogP contribution < -0.4 is 0 Å². The Bertz CT molecular complexity index is 248. The fourth-order valence-corrected chi connectivity index (χ4v) is 0.944. The highest BCUT2D eigenvalue weighted by Gasteiger charge is 2.33. The summed E-state index contributed by atoms with van der Waals surface area (Å²) in [5, 5.41) is 0.456. The van der Waals surface area contributed by atoms with E-state index in [0.29, 0.717) is 11.5 Å². The lowest BCUT2D eigenvalue weighted by Gasteiger charge is -2.11. The maximum atomic E-state index is 11.0. The van der Waals surface area contributed by atoms with Gasteiger partial charge in [0.2, 0.25) is 0 Å². The SMILES string of the molecule is CC.CCCOC(=O)ON1C(=O)CCC1=O. The molecular weight excluding hydrogens is 214 g/mol. The summed E-state index contributed by atoms with van der Waals surface area (Å²) in [6.07, 6.45) is -0.202. The summed E-state index contributed by atoms with van der Waals surface area (Å²) in [5.41, 5.74) is 0. The molecule has 92 valence electrons. The Morgan fingerprint density at radius 1 is 1.25 bits per heavy atom. The lowest BCUT2D eigenvalue weighted by molar-refractivity contribution is -0.177. The van der Waals surface area contributed by atoms with Crippen molar-refractivity contribution < 1.29 is 24.0 Å². The van der Waals surface area contributed by atoms with Gasteiger partial charge in [-0.2, -0.15) is 0 Å². The number of hydroxylamine groups is 2. The first-order valence-corrected chi connectivity index (χ1v) is 5.35. The number of amides is 2. The minimum absolute atomic E-state index is 0.0832. The Labute approximate surface area is 94.4 Å². The van der Waals surface area contributed by atoms with Gasteiger partial charge in [-0.1, -0.05) is 25.8 Å².